The van der Waals surface area contributed by atoms with Crippen molar-refractivity contribution in [2.75, 3.05) is 0 Å². The number of nitrogens with one attached hydrogen (secondary N) is 2. The van der Waals surface area contributed by atoms with Gasteiger partial charge in [-0.1, -0.05) is 6.42 Å². The highest BCUT2D eigenvalue weighted by atomic mass is 32.2. The van der Waals surface area contributed by atoms with Gasteiger partial charge in [-0.05, 0) is 12.8 Å². The molecule has 0 radical (unpaired) electrons. The predicted octanol–water partition coefficient (Wildman–Crippen LogP) is -1.95. The second-order valence-electron chi connectivity index (χ2n) is 5.84. The third kappa shape index (κ3) is 3.25. The van der Waals surface area contributed by atoms with Crippen LogP contribution in [0.2, 0.25) is 0 Å². The van der Waals surface area contributed by atoms with Crippen molar-refractivity contribution in [1.29, 1.82) is 0 Å². The lowest BCUT2D eigenvalue weighted by molar-refractivity contribution is -0.144. The Kier molecular flexibility index (Phi) is 4.51. The van der Waals surface area contributed by atoms with E-state index < -0.39 is 28.3 Å². The number of carbonyl (C=O) groups is 2. The average Bonchev–Trinajstić information content (AvgIpc) is 2.89. The van der Waals surface area contributed by atoms with E-state index >= 15 is 0 Å². The van der Waals surface area contributed by atoms with Crippen molar-refractivity contribution < 1.29 is 22.6 Å². The van der Waals surface area contributed by atoms with Gasteiger partial charge in [0.1, 0.15) is 12.1 Å². The molecular formula is C12H18N6O5S. The van der Waals surface area contributed by atoms with Crippen molar-refractivity contribution in [3.8, 4) is 0 Å². The molecule has 1 aromatic rings. The van der Waals surface area contributed by atoms with Gasteiger partial charge >= 0.3 is 10.3 Å². The third-order valence-electron chi connectivity index (χ3n) is 4.28. The summed E-state index contributed by atoms with van der Waals surface area (Å²) < 4.78 is 32.0. The second kappa shape index (κ2) is 6.45. The van der Waals surface area contributed by atoms with E-state index in [-0.39, 0.29) is 6.54 Å². The molecule has 12 heteroatoms. The summed E-state index contributed by atoms with van der Waals surface area (Å²) in [5, 5.41) is 13.8. The minimum atomic E-state index is -4.70. The summed E-state index contributed by atoms with van der Waals surface area (Å²) in [6, 6.07) is -1.51. The van der Waals surface area contributed by atoms with Crippen LogP contribution in [0.25, 0.3) is 0 Å². The van der Waals surface area contributed by atoms with E-state index in [9.17, 15) is 18.0 Å². The maximum Gasteiger partial charge on any atom is 0.362 e. The maximum atomic E-state index is 11.7. The van der Waals surface area contributed by atoms with Crippen molar-refractivity contribution in [2.45, 2.75) is 50.5 Å². The molecule has 3 N–H and O–H groups in total. The van der Waals surface area contributed by atoms with Crippen molar-refractivity contribution >= 4 is 22.6 Å². The van der Waals surface area contributed by atoms with Gasteiger partial charge in [-0.15, -0.1) is 0 Å². The summed E-state index contributed by atoms with van der Waals surface area (Å²) in [7, 11) is -4.70. The lowest BCUT2D eigenvalue weighted by Gasteiger charge is -2.43. The first-order chi connectivity index (χ1) is 11.4. The molecule has 132 valence electrons. The Morgan fingerprint density at radius 3 is 2.75 bits per heavy atom. The van der Waals surface area contributed by atoms with Crippen LogP contribution in [-0.4, -0.2) is 62.7 Å². The number of β-lactam (4-membered cyclic amide) rings is 1. The van der Waals surface area contributed by atoms with Crippen molar-refractivity contribution in [3.05, 3.63) is 11.9 Å². The lowest BCUT2D eigenvalue weighted by Crippen LogP contribution is -2.72. The highest BCUT2D eigenvalue weighted by Crippen LogP contribution is 2.24. The van der Waals surface area contributed by atoms with Crippen molar-refractivity contribution in [3.63, 3.8) is 0 Å². The number of hydrogen-bond acceptors (Lipinski definition) is 7. The van der Waals surface area contributed by atoms with E-state index in [1.54, 1.807) is 6.20 Å². The number of hydrogen-bond donors (Lipinski definition) is 3. The Hall–Kier alpha value is -2.05. The van der Waals surface area contributed by atoms with Crippen LogP contribution in [0.15, 0.2) is 6.20 Å². The number of nitrogens with zero attached hydrogens (tertiary/aromatic N) is 4. The van der Waals surface area contributed by atoms with E-state index in [0.29, 0.717) is 29.0 Å². The van der Waals surface area contributed by atoms with Crippen LogP contribution in [0.3, 0.4) is 0 Å². The number of aromatic nitrogens is 3. The van der Waals surface area contributed by atoms with Gasteiger partial charge in [-0.25, -0.2) is 4.31 Å². The summed E-state index contributed by atoms with van der Waals surface area (Å²) in [6.45, 7) is 0.479. The Morgan fingerprint density at radius 2 is 2.17 bits per heavy atom. The molecule has 2 amide bonds. The van der Waals surface area contributed by atoms with Gasteiger partial charge in [0.05, 0.1) is 18.4 Å². The van der Waals surface area contributed by atoms with Crippen molar-refractivity contribution in [1.82, 2.24) is 29.9 Å². The van der Waals surface area contributed by atoms with E-state index in [1.807, 2.05) is 0 Å². The van der Waals surface area contributed by atoms with Gasteiger partial charge in [0.25, 0.3) is 5.91 Å². The van der Waals surface area contributed by atoms with Gasteiger partial charge in [-0.3, -0.25) is 14.1 Å². The van der Waals surface area contributed by atoms with Crippen molar-refractivity contribution in [2.24, 2.45) is 0 Å². The first kappa shape index (κ1) is 16.8. The molecule has 2 fully saturated rings. The zero-order chi connectivity index (χ0) is 17.3. The fourth-order valence-corrected chi connectivity index (χ4v) is 3.64. The minimum absolute atomic E-state index is 0.0690. The van der Waals surface area contributed by atoms with Crippen LogP contribution in [0.1, 0.15) is 25.0 Å². The normalized spacial score (nSPS) is 24.4. The fourth-order valence-electron chi connectivity index (χ4n) is 2.77. The summed E-state index contributed by atoms with van der Waals surface area (Å²) >= 11 is 0. The molecule has 0 aromatic carbocycles. The molecule has 2 unspecified atom stereocenters. The molecular weight excluding hydrogens is 340 g/mol. The molecule has 1 saturated heterocycles. The van der Waals surface area contributed by atoms with Gasteiger partial charge in [0.15, 0.2) is 0 Å². The number of carbonyl (C=O) groups excluding carboxylic acids is 2. The molecule has 2 atom stereocenters. The molecule has 2 heterocycles. The Balaban J connectivity index is 1.65. The summed E-state index contributed by atoms with van der Waals surface area (Å²) in [4.78, 5) is 23.5. The summed E-state index contributed by atoms with van der Waals surface area (Å²) in [5.41, 5.74) is 0.686. The smallest absolute Gasteiger partial charge is 0.345 e. The number of amides is 2. The van der Waals surface area contributed by atoms with Crippen LogP contribution >= 0.6 is 0 Å². The molecule has 2 aliphatic rings. The fraction of sp³-hybridized carbons (Fsp3) is 0.667. The van der Waals surface area contributed by atoms with Crippen LogP contribution < -0.4 is 10.6 Å². The molecule has 1 aliphatic carbocycles. The molecule has 0 bridgehead atoms. The molecule has 0 spiro atoms. The van der Waals surface area contributed by atoms with E-state index in [1.165, 1.54) is 11.2 Å². The van der Waals surface area contributed by atoms with Crippen LogP contribution in [0.5, 0.6) is 0 Å². The second-order valence-corrected chi connectivity index (χ2v) is 7.13. The molecule has 11 nitrogen and oxygen atoms in total. The Labute approximate surface area is 138 Å². The molecule has 1 aromatic heterocycles. The first-order valence-corrected chi connectivity index (χ1v) is 8.92. The molecule has 1 saturated carbocycles. The van der Waals surface area contributed by atoms with Gasteiger partial charge < -0.3 is 10.6 Å². The minimum Gasteiger partial charge on any atom is -0.345 e. The van der Waals surface area contributed by atoms with Crippen LogP contribution in [0.4, 0.5) is 0 Å². The Morgan fingerprint density at radius 1 is 1.42 bits per heavy atom. The monoisotopic (exact) mass is 358 g/mol. The van der Waals surface area contributed by atoms with Crippen LogP contribution in [0, 0.1) is 0 Å². The standard InChI is InChI=1S/C12H18N6O5S/c19-7-14-11-10(18(12(11)20)24(21,22)23)6-17-15-5-9(16-17)4-13-8-2-1-3-8/h5,7-8,10-11,13H,1-4,6H2,(H,14,19)(H,21,22,23). The average molecular weight is 358 g/mol. The molecule has 1 aliphatic heterocycles. The lowest BCUT2D eigenvalue weighted by atomic mass is 9.93. The third-order valence-corrected chi connectivity index (χ3v) is 5.22. The largest absolute Gasteiger partial charge is 0.362 e. The van der Waals surface area contributed by atoms with E-state index in [0.717, 1.165) is 12.8 Å². The quantitative estimate of drug-likeness (QED) is 0.276. The molecule has 24 heavy (non-hydrogen) atoms. The van der Waals surface area contributed by atoms with Gasteiger partial charge in [-0.2, -0.15) is 23.4 Å². The van der Waals surface area contributed by atoms with E-state index in [2.05, 4.69) is 20.8 Å². The Bertz CT molecular complexity index is 730. The van der Waals surface area contributed by atoms with E-state index in [4.69, 9.17) is 4.55 Å². The van der Waals surface area contributed by atoms with Gasteiger partial charge in [0.2, 0.25) is 6.41 Å². The maximum absolute atomic E-state index is 11.7. The zero-order valence-electron chi connectivity index (χ0n) is 12.7. The highest BCUT2D eigenvalue weighted by Gasteiger charge is 2.53. The SMILES string of the molecule is O=CNC1C(=O)N(S(=O)(=O)O)C1Cn1ncc(CNC2CCC2)n1. The van der Waals surface area contributed by atoms with Gasteiger partial charge in [0, 0.05) is 12.6 Å². The highest BCUT2D eigenvalue weighted by molar-refractivity contribution is 7.84. The number of rotatable bonds is 8. The zero-order valence-corrected chi connectivity index (χ0v) is 13.5. The molecule has 3 rings (SSSR count). The topological polar surface area (TPSA) is 147 Å². The predicted molar refractivity (Wildman–Crippen MR) is 79.7 cm³/mol. The first-order valence-electron chi connectivity index (χ1n) is 7.53. The van der Waals surface area contributed by atoms with Crippen LogP contribution in [-0.2, 0) is 33.0 Å². The summed E-state index contributed by atoms with van der Waals surface area (Å²) in [5.74, 6) is -0.895. The summed E-state index contributed by atoms with van der Waals surface area (Å²) in [6.07, 6.45) is 5.35.